The summed E-state index contributed by atoms with van der Waals surface area (Å²) in [5.41, 5.74) is 4.16. The van der Waals surface area contributed by atoms with E-state index in [1.165, 1.54) is 0 Å². The van der Waals surface area contributed by atoms with Crippen molar-refractivity contribution in [2.45, 2.75) is 32.7 Å². The van der Waals surface area contributed by atoms with Crippen LogP contribution in [-0.4, -0.2) is 48.3 Å². The first kappa shape index (κ1) is 20.9. The van der Waals surface area contributed by atoms with E-state index in [9.17, 15) is 0 Å². The minimum absolute atomic E-state index is 0.385. The van der Waals surface area contributed by atoms with Crippen molar-refractivity contribution in [3.8, 4) is 22.9 Å². The Hall–Kier alpha value is -3.35. The molecule has 3 aromatic rings. The standard InChI is InChI=1S/C24H29N5O2/c1-16-17(2)26-23(18-5-9-25-10-6-18)28-24(16)29-11-7-19(8-12-29)27-20-13-21(30-3)15-22(14-20)31-4/h5-6,9-10,13-15,19,27H,7-8,11-12H2,1-4H3. The summed E-state index contributed by atoms with van der Waals surface area (Å²) in [6.07, 6.45) is 5.59. The highest BCUT2D eigenvalue weighted by molar-refractivity contribution is 5.60. The van der Waals surface area contributed by atoms with Crippen molar-refractivity contribution in [3.63, 3.8) is 0 Å². The fourth-order valence-corrected chi connectivity index (χ4v) is 3.91. The molecule has 7 nitrogen and oxygen atoms in total. The van der Waals surface area contributed by atoms with Gasteiger partial charge in [0.2, 0.25) is 0 Å². The van der Waals surface area contributed by atoms with Crippen molar-refractivity contribution in [1.82, 2.24) is 15.0 Å². The van der Waals surface area contributed by atoms with Gasteiger partial charge in [0.25, 0.3) is 0 Å². The van der Waals surface area contributed by atoms with E-state index in [1.54, 1.807) is 26.6 Å². The van der Waals surface area contributed by atoms with Crippen LogP contribution in [0.1, 0.15) is 24.1 Å². The minimum Gasteiger partial charge on any atom is -0.497 e. The first-order valence-electron chi connectivity index (χ1n) is 10.6. The Bertz CT molecular complexity index is 1010. The minimum atomic E-state index is 0.385. The topological polar surface area (TPSA) is 72.4 Å². The van der Waals surface area contributed by atoms with Crippen molar-refractivity contribution >= 4 is 11.5 Å². The summed E-state index contributed by atoms with van der Waals surface area (Å²) in [5.74, 6) is 3.36. The molecule has 0 atom stereocenters. The third-order valence-corrected chi connectivity index (χ3v) is 5.82. The van der Waals surface area contributed by atoms with Crippen LogP contribution in [0.5, 0.6) is 11.5 Å². The average Bonchev–Trinajstić information content (AvgIpc) is 2.81. The van der Waals surface area contributed by atoms with Gasteiger partial charge < -0.3 is 19.7 Å². The maximum absolute atomic E-state index is 5.39. The van der Waals surface area contributed by atoms with Crippen LogP contribution in [0.15, 0.2) is 42.7 Å². The third-order valence-electron chi connectivity index (χ3n) is 5.82. The first-order valence-corrected chi connectivity index (χ1v) is 10.6. The van der Waals surface area contributed by atoms with Gasteiger partial charge in [0, 0.05) is 72.2 Å². The lowest BCUT2D eigenvalue weighted by Gasteiger charge is -2.34. The number of anilines is 2. The summed E-state index contributed by atoms with van der Waals surface area (Å²) >= 11 is 0. The zero-order chi connectivity index (χ0) is 21.8. The molecule has 1 aromatic carbocycles. The monoisotopic (exact) mass is 419 g/mol. The van der Waals surface area contributed by atoms with Gasteiger partial charge in [-0.1, -0.05) is 0 Å². The van der Waals surface area contributed by atoms with E-state index in [0.717, 1.165) is 71.6 Å². The molecule has 1 fully saturated rings. The Kier molecular flexibility index (Phi) is 6.21. The van der Waals surface area contributed by atoms with E-state index in [4.69, 9.17) is 19.4 Å². The predicted molar refractivity (Wildman–Crippen MR) is 123 cm³/mol. The van der Waals surface area contributed by atoms with Crippen molar-refractivity contribution in [2.24, 2.45) is 0 Å². The molecule has 1 aliphatic heterocycles. The summed E-state index contributed by atoms with van der Waals surface area (Å²) in [7, 11) is 3.34. The molecule has 7 heteroatoms. The Morgan fingerprint density at radius 2 is 1.58 bits per heavy atom. The number of nitrogens with zero attached hydrogens (tertiary/aromatic N) is 4. The molecule has 162 valence electrons. The Balaban J connectivity index is 1.47. The van der Waals surface area contributed by atoms with Gasteiger partial charge >= 0.3 is 0 Å². The molecular formula is C24H29N5O2. The van der Waals surface area contributed by atoms with Crippen LogP contribution in [0, 0.1) is 13.8 Å². The molecule has 4 rings (SSSR count). The normalized spacial score (nSPS) is 14.4. The molecule has 0 aliphatic carbocycles. The molecule has 1 aliphatic rings. The first-order chi connectivity index (χ1) is 15.1. The lowest BCUT2D eigenvalue weighted by atomic mass is 10.0. The van der Waals surface area contributed by atoms with Gasteiger partial charge in [0.1, 0.15) is 17.3 Å². The van der Waals surface area contributed by atoms with E-state index in [0.29, 0.717) is 6.04 Å². The average molecular weight is 420 g/mol. The van der Waals surface area contributed by atoms with Gasteiger partial charge in [-0.3, -0.25) is 4.98 Å². The number of aromatic nitrogens is 3. The third kappa shape index (κ3) is 4.71. The van der Waals surface area contributed by atoms with Gasteiger partial charge in [-0.2, -0.15) is 0 Å². The van der Waals surface area contributed by atoms with Gasteiger partial charge in [-0.15, -0.1) is 0 Å². The zero-order valence-electron chi connectivity index (χ0n) is 18.6. The Labute approximate surface area is 183 Å². The molecule has 2 aromatic heterocycles. The molecule has 1 N–H and O–H groups in total. The van der Waals surface area contributed by atoms with Crippen molar-refractivity contribution in [1.29, 1.82) is 0 Å². The fourth-order valence-electron chi connectivity index (χ4n) is 3.91. The second-order valence-corrected chi connectivity index (χ2v) is 7.82. The van der Waals surface area contributed by atoms with Crippen LogP contribution in [0.2, 0.25) is 0 Å². The van der Waals surface area contributed by atoms with Crippen LogP contribution in [-0.2, 0) is 0 Å². The number of methoxy groups -OCH3 is 2. The molecule has 0 unspecified atom stereocenters. The summed E-state index contributed by atoms with van der Waals surface area (Å²) in [6.45, 7) is 6.03. The second-order valence-electron chi connectivity index (χ2n) is 7.82. The molecule has 0 spiro atoms. The number of nitrogens with one attached hydrogen (secondary N) is 1. The maximum atomic E-state index is 5.39. The quantitative estimate of drug-likeness (QED) is 0.640. The van der Waals surface area contributed by atoms with Gasteiger partial charge in [0.05, 0.1) is 14.2 Å². The van der Waals surface area contributed by atoms with Gasteiger partial charge in [-0.25, -0.2) is 9.97 Å². The van der Waals surface area contributed by atoms with Gasteiger partial charge in [0.15, 0.2) is 5.82 Å². The number of rotatable bonds is 6. The Morgan fingerprint density at radius 1 is 0.935 bits per heavy atom. The zero-order valence-corrected chi connectivity index (χ0v) is 18.6. The summed E-state index contributed by atoms with van der Waals surface area (Å²) < 4.78 is 10.8. The lowest BCUT2D eigenvalue weighted by molar-refractivity contribution is 0.394. The summed E-state index contributed by atoms with van der Waals surface area (Å²) in [6, 6.07) is 10.2. The maximum Gasteiger partial charge on any atom is 0.161 e. The number of aryl methyl sites for hydroxylation is 1. The number of ether oxygens (including phenoxy) is 2. The molecule has 0 amide bonds. The second kappa shape index (κ2) is 9.20. The van der Waals surface area contributed by atoms with Crippen LogP contribution in [0.4, 0.5) is 11.5 Å². The van der Waals surface area contributed by atoms with E-state index in [2.05, 4.69) is 29.0 Å². The Morgan fingerprint density at radius 3 is 2.19 bits per heavy atom. The van der Waals surface area contributed by atoms with Gasteiger partial charge in [-0.05, 0) is 38.8 Å². The van der Waals surface area contributed by atoms with Crippen molar-refractivity contribution in [2.75, 3.05) is 37.5 Å². The van der Waals surface area contributed by atoms with E-state index >= 15 is 0 Å². The number of hydrogen-bond donors (Lipinski definition) is 1. The molecule has 3 heterocycles. The summed E-state index contributed by atoms with van der Waals surface area (Å²) in [5, 5.41) is 3.64. The highest BCUT2D eigenvalue weighted by Crippen LogP contribution is 2.30. The van der Waals surface area contributed by atoms with E-state index < -0.39 is 0 Å². The smallest absolute Gasteiger partial charge is 0.161 e. The highest BCUT2D eigenvalue weighted by Gasteiger charge is 2.23. The number of pyridine rings is 1. The fraction of sp³-hybridized carbons (Fsp3) is 0.375. The molecule has 1 saturated heterocycles. The lowest BCUT2D eigenvalue weighted by Crippen LogP contribution is -2.40. The van der Waals surface area contributed by atoms with Crippen LogP contribution in [0.3, 0.4) is 0 Å². The molecular weight excluding hydrogens is 390 g/mol. The number of piperidine rings is 1. The van der Waals surface area contributed by atoms with Crippen molar-refractivity contribution < 1.29 is 9.47 Å². The molecule has 0 saturated carbocycles. The largest absolute Gasteiger partial charge is 0.497 e. The van der Waals surface area contributed by atoms with E-state index in [1.807, 2.05) is 30.3 Å². The molecule has 0 radical (unpaired) electrons. The highest BCUT2D eigenvalue weighted by atomic mass is 16.5. The van der Waals surface area contributed by atoms with Crippen molar-refractivity contribution in [3.05, 3.63) is 54.0 Å². The molecule has 31 heavy (non-hydrogen) atoms. The van der Waals surface area contributed by atoms with Crippen LogP contribution < -0.4 is 19.7 Å². The number of benzene rings is 1. The number of hydrogen-bond acceptors (Lipinski definition) is 7. The van der Waals surface area contributed by atoms with E-state index in [-0.39, 0.29) is 0 Å². The summed E-state index contributed by atoms with van der Waals surface area (Å²) in [4.78, 5) is 16.1. The SMILES string of the molecule is COc1cc(NC2CCN(c3nc(-c4ccncc4)nc(C)c3C)CC2)cc(OC)c1. The molecule has 0 bridgehead atoms. The van der Waals surface area contributed by atoms with Crippen LogP contribution >= 0.6 is 0 Å². The van der Waals surface area contributed by atoms with Crippen LogP contribution in [0.25, 0.3) is 11.4 Å². The predicted octanol–water partition coefficient (Wildman–Crippen LogP) is 4.25.